The Labute approximate surface area is 203 Å². The molecule has 34 heavy (non-hydrogen) atoms. The Morgan fingerprint density at radius 3 is 2.53 bits per heavy atom. The molecule has 1 amide bonds. The lowest BCUT2D eigenvalue weighted by Gasteiger charge is -2.64. The highest BCUT2D eigenvalue weighted by Crippen LogP contribution is 2.84. The zero-order valence-electron chi connectivity index (χ0n) is 21.1. The maximum absolute atomic E-state index is 11.9. The number of fused-ring (bicyclic) bond motifs is 3. The molecule has 3 unspecified atom stereocenters. The number of aliphatic carboxylic acids is 1. The predicted octanol–water partition coefficient (Wildman–Crippen LogP) is 3.81. The van der Waals surface area contributed by atoms with Crippen LogP contribution in [0.3, 0.4) is 0 Å². The summed E-state index contributed by atoms with van der Waals surface area (Å²) >= 11 is 0. The maximum atomic E-state index is 11.9. The molecule has 0 heterocycles. The van der Waals surface area contributed by atoms with E-state index in [0.29, 0.717) is 12.3 Å². The van der Waals surface area contributed by atoms with Gasteiger partial charge in [0.2, 0.25) is 0 Å². The van der Waals surface area contributed by atoms with Crippen molar-refractivity contribution in [3.05, 3.63) is 0 Å². The third-order valence-corrected chi connectivity index (χ3v) is 11.9. The second kappa shape index (κ2) is 8.09. The number of nitrogens with one attached hydrogen (secondary N) is 1. The summed E-state index contributed by atoms with van der Waals surface area (Å²) < 4.78 is 5.62. The number of carbonyl (C=O) groups excluding carboxylic acids is 1. The van der Waals surface area contributed by atoms with Crippen molar-refractivity contribution in [3.63, 3.8) is 0 Å². The molecule has 0 aliphatic heterocycles. The van der Waals surface area contributed by atoms with Gasteiger partial charge in [0, 0.05) is 18.9 Å². The highest BCUT2D eigenvalue weighted by molar-refractivity contribution is 5.67. The lowest BCUT2D eigenvalue weighted by Crippen LogP contribution is -2.63. The van der Waals surface area contributed by atoms with Crippen molar-refractivity contribution in [2.75, 3.05) is 7.05 Å². The highest BCUT2D eigenvalue weighted by atomic mass is 16.6. The van der Waals surface area contributed by atoms with Crippen LogP contribution < -0.4 is 5.32 Å². The van der Waals surface area contributed by atoms with E-state index in [9.17, 15) is 24.9 Å². The van der Waals surface area contributed by atoms with Crippen molar-refractivity contribution in [2.24, 2.45) is 51.8 Å². The Kier molecular flexibility index (Phi) is 5.79. The molecule has 192 valence electrons. The minimum atomic E-state index is -0.755. The SMILES string of the molecule is CNC(=O)O[C@@H]1CC[C@@]2(C)[C@@H](C1)C[C@@H](O)[C@H]1[C@@H]3CC[C@H]([C@H](C)CCC(=O)O)[C@@]3(C)C(O)C3CC312. The van der Waals surface area contributed by atoms with E-state index in [-0.39, 0.29) is 64.5 Å². The van der Waals surface area contributed by atoms with Crippen molar-refractivity contribution in [1.29, 1.82) is 0 Å². The van der Waals surface area contributed by atoms with Crippen LogP contribution in [-0.4, -0.2) is 52.7 Å². The molecule has 0 radical (unpaired) electrons. The molecule has 0 saturated heterocycles. The Balaban J connectivity index is 1.42. The number of carboxylic acids is 1. The Morgan fingerprint density at radius 1 is 1.12 bits per heavy atom. The van der Waals surface area contributed by atoms with Gasteiger partial charge < -0.3 is 25.4 Å². The Bertz CT molecular complexity index is 849. The average Bonchev–Trinajstić information content (AvgIpc) is 3.44. The largest absolute Gasteiger partial charge is 0.481 e. The third-order valence-electron chi connectivity index (χ3n) is 11.9. The van der Waals surface area contributed by atoms with Gasteiger partial charge in [-0.05, 0) is 97.7 Å². The second-order valence-corrected chi connectivity index (χ2v) is 12.9. The molecule has 7 nitrogen and oxygen atoms in total. The van der Waals surface area contributed by atoms with Crippen molar-refractivity contribution in [2.45, 2.75) is 96.9 Å². The molecule has 7 heteroatoms. The summed E-state index contributed by atoms with van der Waals surface area (Å²) in [6.45, 7) is 6.80. The number of rotatable bonds is 5. The van der Waals surface area contributed by atoms with Crippen LogP contribution in [0, 0.1) is 51.8 Å². The van der Waals surface area contributed by atoms with Gasteiger partial charge >= 0.3 is 12.1 Å². The molecule has 12 atom stereocenters. The van der Waals surface area contributed by atoms with E-state index in [0.717, 1.165) is 44.9 Å². The number of hydrogen-bond donors (Lipinski definition) is 4. The fraction of sp³-hybridized carbons (Fsp3) is 0.926. The van der Waals surface area contributed by atoms with Crippen LogP contribution in [-0.2, 0) is 9.53 Å². The number of carbonyl (C=O) groups is 2. The molecule has 4 N–H and O–H groups in total. The van der Waals surface area contributed by atoms with Crippen molar-refractivity contribution in [3.8, 4) is 0 Å². The quantitative estimate of drug-likeness (QED) is 0.478. The summed E-state index contributed by atoms with van der Waals surface area (Å²) in [6.07, 6.45) is 5.84. The molecule has 5 aliphatic carbocycles. The van der Waals surface area contributed by atoms with Gasteiger partial charge in [0.25, 0.3) is 0 Å². The first-order valence-corrected chi connectivity index (χ1v) is 13.5. The van der Waals surface area contributed by atoms with Gasteiger partial charge in [-0.2, -0.15) is 0 Å². The van der Waals surface area contributed by atoms with Crippen LogP contribution >= 0.6 is 0 Å². The summed E-state index contributed by atoms with van der Waals surface area (Å²) in [5.74, 6) is 0.731. The van der Waals surface area contributed by atoms with E-state index in [1.807, 2.05) is 0 Å². The molecule has 0 aromatic heterocycles. The van der Waals surface area contributed by atoms with E-state index in [4.69, 9.17) is 4.74 Å². The van der Waals surface area contributed by atoms with E-state index >= 15 is 0 Å². The van der Waals surface area contributed by atoms with E-state index in [2.05, 4.69) is 26.1 Å². The van der Waals surface area contributed by atoms with E-state index < -0.39 is 18.2 Å². The average molecular weight is 478 g/mol. The zero-order chi connectivity index (χ0) is 24.6. The van der Waals surface area contributed by atoms with Gasteiger partial charge in [0.05, 0.1) is 12.2 Å². The van der Waals surface area contributed by atoms with Crippen LogP contribution in [0.2, 0.25) is 0 Å². The number of alkyl carbamates (subject to hydrolysis) is 1. The van der Waals surface area contributed by atoms with Crippen LogP contribution in [0.1, 0.15) is 78.6 Å². The smallest absolute Gasteiger partial charge is 0.407 e. The first kappa shape index (κ1) is 24.4. The molecule has 1 spiro atoms. The number of amides is 1. The highest BCUT2D eigenvalue weighted by Gasteiger charge is 2.81. The lowest BCUT2D eigenvalue weighted by molar-refractivity contribution is -0.215. The molecule has 5 saturated carbocycles. The van der Waals surface area contributed by atoms with Gasteiger partial charge in [-0.25, -0.2) is 4.79 Å². The molecule has 5 fully saturated rings. The number of aliphatic hydroxyl groups is 2. The van der Waals surface area contributed by atoms with Gasteiger partial charge in [0.1, 0.15) is 6.10 Å². The van der Waals surface area contributed by atoms with E-state index in [1.165, 1.54) is 0 Å². The lowest BCUT2D eigenvalue weighted by atomic mass is 9.42. The molecule has 0 aromatic carbocycles. The summed E-state index contributed by atoms with van der Waals surface area (Å²) in [7, 11) is 1.58. The fourth-order valence-electron chi connectivity index (χ4n) is 10.3. The zero-order valence-corrected chi connectivity index (χ0v) is 21.1. The minimum absolute atomic E-state index is 0.0316. The normalized spacial score (nSPS) is 51.8. The maximum Gasteiger partial charge on any atom is 0.407 e. The van der Waals surface area contributed by atoms with Gasteiger partial charge in [-0.15, -0.1) is 0 Å². The first-order valence-electron chi connectivity index (χ1n) is 13.5. The summed E-state index contributed by atoms with van der Waals surface area (Å²) in [6, 6.07) is 0. The van der Waals surface area contributed by atoms with Crippen molar-refractivity contribution in [1.82, 2.24) is 5.32 Å². The standard InChI is InChI=1S/C27H43NO6/c1-14(5-8-21(30)31)17-6-7-18-22-20(29)12-15-11-16(34-24(33)28-4)9-10-25(15,2)27(22)13-19(27)23(32)26(17,18)3/h14-20,22-23,29,32H,5-13H2,1-4H3,(H,28,33)(H,30,31)/t14-,15+,16-,17-,18+,19?,20-,22-,23?,25+,26-,27?/m1/s1. The van der Waals surface area contributed by atoms with Crippen LogP contribution in [0.4, 0.5) is 4.79 Å². The van der Waals surface area contributed by atoms with Crippen LogP contribution in [0.5, 0.6) is 0 Å². The van der Waals surface area contributed by atoms with Crippen molar-refractivity contribution >= 4 is 12.1 Å². The molecule has 5 aliphatic rings. The molecule has 0 bridgehead atoms. The second-order valence-electron chi connectivity index (χ2n) is 12.9. The molecule has 0 aromatic rings. The van der Waals surface area contributed by atoms with Gasteiger partial charge in [-0.1, -0.05) is 20.8 Å². The molecule has 5 rings (SSSR count). The summed E-state index contributed by atoms with van der Waals surface area (Å²) in [4.78, 5) is 23.0. The number of hydrogen-bond acceptors (Lipinski definition) is 5. The predicted molar refractivity (Wildman–Crippen MR) is 126 cm³/mol. The first-order chi connectivity index (χ1) is 16.0. The number of ether oxygens (including phenoxy) is 1. The fourth-order valence-corrected chi connectivity index (χ4v) is 10.3. The topological polar surface area (TPSA) is 116 Å². The Hall–Kier alpha value is -1.34. The van der Waals surface area contributed by atoms with E-state index in [1.54, 1.807) is 7.05 Å². The van der Waals surface area contributed by atoms with Gasteiger partial charge in [-0.3, -0.25) is 4.79 Å². The summed E-state index contributed by atoms with van der Waals surface area (Å²) in [5, 5.41) is 35.3. The Morgan fingerprint density at radius 2 is 1.85 bits per heavy atom. The minimum Gasteiger partial charge on any atom is -0.481 e. The molecular weight excluding hydrogens is 434 g/mol. The number of aliphatic hydroxyl groups excluding tert-OH is 2. The van der Waals surface area contributed by atoms with Crippen molar-refractivity contribution < 1.29 is 29.6 Å². The number of carboxylic acid groups (broad SMARTS) is 1. The van der Waals surface area contributed by atoms with Gasteiger partial charge in [0.15, 0.2) is 0 Å². The monoisotopic (exact) mass is 477 g/mol. The van der Waals surface area contributed by atoms with Crippen LogP contribution in [0.15, 0.2) is 0 Å². The molecular formula is C27H43NO6. The third kappa shape index (κ3) is 3.14. The summed E-state index contributed by atoms with van der Waals surface area (Å²) in [5.41, 5.74) is -0.257. The van der Waals surface area contributed by atoms with Crippen LogP contribution in [0.25, 0.3) is 0 Å².